The Morgan fingerprint density at radius 2 is 1.22 bits per heavy atom. The second-order valence-electron chi connectivity index (χ2n) is 4.37. The fraction of sp³-hybridized carbons (Fsp3) is 1.00. The van der Waals surface area contributed by atoms with Crippen molar-refractivity contribution in [3.05, 3.63) is 0 Å². The van der Waals surface area contributed by atoms with Gasteiger partial charge in [0.25, 0.3) is 0 Å². The molecule has 6 heteroatoms. The standard InChI is InChI=1S/C5H14NO.C3H7FO.2C2H6O/c1-6(2,3)4-5-7;1-3(5)2-4;2*1-2-3/h7H,4-5H2,1-3H3;3,5H,2H2,1H3;2*3H,2H2,1H3/q+1;;;. The highest BCUT2D eigenvalue weighted by Gasteiger charge is 2.02. The molecule has 0 aliphatic heterocycles. The quantitative estimate of drug-likeness (QED) is 0.547. The van der Waals surface area contributed by atoms with E-state index in [1.807, 2.05) is 0 Å². The van der Waals surface area contributed by atoms with E-state index in [9.17, 15) is 4.39 Å². The van der Waals surface area contributed by atoms with E-state index >= 15 is 0 Å². The van der Waals surface area contributed by atoms with Gasteiger partial charge in [-0.05, 0) is 20.8 Å². The van der Waals surface area contributed by atoms with Crippen LogP contribution in [0, 0.1) is 0 Å². The minimum atomic E-state index is -0.782. The Morgan fingerprint density at radius 1 is 1.00 bits per heavy atom. The number of halogens is 1. The molecule has 0 aliphatic rings. The lowest BCUT2D eigenvalue weighted by Gasteiger charge is -2.21. The van der Waals surface area contributed by atoms with E-state index in [0.717, 1.165) is 11.0 Å². The Morgan fingerprint density at radius 3 is 1.22 bits per heavy atom. The molecular weight excluding hydrogens is 241 g/mol. The van der Waals surface area contributed by atoms with Gasteiger partial charge >= 0.3 is 0 Å². The first-order valence-corrected chi connectivity index (χ1v) is 6.03. The highest BCUT2D eigenvalue weighted by molar-refractivity contribution is 4.34. The van der Waals surface area contributed by atoms with Gasteiger partial charge in [0.05, 0.1) is 33.9 Å². The van der Waals surface area contributed by atoms with Gasteiger partial charge in [0, 0.05) is 13.2 Å². The number of quaternary nitrogens is 1. The molecule has 0 heterocycles. The second kappa shape index (κ2) is 22.0. The molecule has 0 spiro atoms. The molecule has 5 nitrogen and oxygen atoms in total. The van der Waals surface area contributed by atoms with Gasteiger partial charge in [-0.2, -0.15) is 0 Å². The normalized spacial score (nSPS) is 10.8. The van der Waals surface area contributed by atoms with Crippen LogP contribution in [0.15, 0.2) is 0 Å². The largest absolute Gasteiger partial charge is 0.397 e. The molecule has 0 rings (SSSR count). The van der Waals surface area contributed by atoms with Crippen LogP contribution in [0.25, 0.3) is 0 Å². The third-order valence-electron chi connectivity index (χ3n) is 0.994. The highest BCUT2D eigenvalue weighted by atomic mass is 19.1. The molecule has 0 bridgehead atoms. The Balaban J connectivity index is -0.0000000784. The summed E-state index contributed by atoms with van der Waals surface area (Å²) in [6.07, 6.45) is -0.782. The summed E-state index contributed by atoms with van der Waals surface area (Å²) in [5.41, 5.74) is 0. The molecule has 0 amide bonds. The van der Waals surface area contributed by atoms with Gasteiger partial charge in [0.2, 0.25) is 0 Å². The van der Waals surface area contributed by atoms with Crippen molar-refractivity contribution in [2.24, 2.45) is 0 Å². The third-order valence-corrected chi connectivity index (χ3v) is 0.994. The van der Waals surface area contributed by atoms with Crippen LogP contribution < -0.4 is 0 Å². The molecule has 0 aromatic heterocycles. The van der Waals surface area contributed by atoms with Crippen LogP contribution in [0.4, 0.5) is 4.39 Å². The van der Waals surface area contributed by atoms with Gasteiger partial charge in [-0.15, -0.1) is 0 Å². The fourth-order valence-electron chi connectivity index (χ4n) is 0.300. The number of alkyl halides is 1. The Labute approximate surface area is 111 Å². The smallest absolute Gasteiger partial charge is 0.115 e. The van der Waals surface area contributed by atoms with Gasteiger partial charge in [-0.3, -0.25) is 0 Å². The van der Waals surface area contributed by atoms with E-state index < -0.39 is 12.8 Å². The van der Waals surface area contributed by atoms with E-state index in [0.29, 0.717) is 0 Å². The number of rotatable bonds is 3. The summed E-state index contributed by atoms with van der Waals surface area (Å²) in [5, 5.41) is 31.5. The van der Waals surface area contributed by atoms with E-state index in [1.165, 1.54) is 6.92 Å². The van der Waals surface area contributed by atoms with E-state index in [-0.39, 0.29) is 19.8 Å². The van der Waals surface area contributed by atoms with Gasteiger partial charge in [0.15, 0.2) is 0 Å². The van der Waals surface area contributed by atoms with Crippen molar-refractivity contribution in [3.8, 4) is 0 Å². The minimum absolute atomic E-state index is 0.250. The highest BCUT2D eigenvalue weighted by Crippen LogP contribution is 1.84. The molecule has 1 atom stereocenters. The Bertz CT molecular complexity index is 117. The van der Waals surface area contributed by atoms with Crippen LogP contribution in [0.3, 0.4) is 0 Å². The molecule has 0 saturated carbocycles. The zero-order valence-corrected chi connectivity index (χ0v) is 12.7. The Hall–Kier alpha value is -0.270. The summed E-state index contributed by atoms with van der Waals surface area (Å²) < 4.78 is 11.7. The van der Waals surface area contributed by atoms with Crippen LogP contribution >= 0.6 is 0 Å². The molecule has 18 heavy (non-hydrogen) atoms. The molecule has 1 unspecified atom stereocenters. The van der Waals surface area contributed by atoms with E-state index in [4.69, 9.17) is 20.4 Å². The Kier molecular flexibility index (Phi) is 32.1. The van der Waals surface area contributed by atoms with Crippen molar-refractivity contribution in [1.29, 1.82) is 0 Å². The van der Waals surface area contributed by atoms with E-state index in [2.05, 4.69) is 21.1 Å². The number of aliphatic hydroxyl groups excluding tert-OH is 4. The average Bonchev–Trinajstić information content (AvgIpc) is 2.19. The summed E-state index contributed by atoms with van der Waals surface area (Å²) in [6, 6.07) is 0. The molecule has 0 aromatic rings. The first kappa shape index (κ1) is 26.3. The topological polar surface area (TPSA) is 80.9 Å². The predicted molar refractivity (Wildman–Crippen MR) is 73.2 cm³/mol. The van der Waals surface area contributed by atoms with Crippen molar-refractivity contribution in [2.45, 2.75) is 26.9 Å². The van der Waals surface area contributed by atoms with E-state index in [1.54, 1.807) is 13.8 Å². The maximum atomic E-state index is 10.9. The molecule has 0 fully saturated rings. The van der Waals surface area contributed by atoms with Gasteiger partial charge in [0.1, 0.15) is 13.2 Å². The lowest BCUT2D eigenvalue weighted by molar-refractivity contribution is -0.870. The number of hydrogen-bond acceptors (Lipinski definition) is 4. The molecule has 0 aliphatic carbocycles. The van der Waals surface area contributed by atoms with Crippen molar-refractivity contribution in [1.82, 2.24) is 0 Å². The number of nitrogens with zero attached hydrogens (tertiary/aromatic N) is 1. The van der Waals surface area contributed by atoms with Gasteiger partial charge in [-0.1, -0.05) is 0 Å². The van der Waals surface area contributed by atoms with Crippen LogP contribution in [0.2, 0.25) is 0 Å². The van der Waals surface area contributed by atoms with Gasteiger partial charge < -0.3 is 24.9 Å². The SMILES string of the molecule is CC(O)CF.CCO.CCO.C[N+](C)(C)CCO. The summed E-state index contributed by atoms with van der Waals surface area (Å²) in [5.74, 6) is 0. The number of aliphatic hydroxyl groups is 4. The monoisotopic (exact) mass is 274 g/mol. The first-order chi connectivity index (χ1) is 8.16. The van der Waals surface area contributed by atoms with Crippen LogP contribution in [0.5, 0.6) is 0 Å². The number of hydrogen-bond donors (Lipinski definition) is 4. The maximum Gasteiger partial charge on any atom is 0.115 e. The first-order valence-electron chi connectivity index (χ1n) is 6.03. The van der Waals surface area contributed by atoms with Crippen LogP contribution in [0.1, 0.15) is 20.8 Å². The summed E-state index contributed by atoms with van der Waals surface area (Å²) in [7, 11) is 6.16. The minimum Gasteiger partial charge on any atom is -0.397 e. The van der Waals surface area contributed by atoms with Crippen LogP contribution in [-0.4, -0.2) is 85.2 Å². The third kappa shape index (κ3) is 104. The molecule has 0 radical (unpaired) electrons. The summed E-state index contributed by atoms with van der Waals surface area (Å²) in [6.45, 7) is 5.74. The summed E-state index contributed by atoms with van der Waals surface area (Å²) in [4.78, 5) is 0. The van der Waals surface area contributed by atoms with Crippen molar-refractivity contribution in [2.75, 3.05) is 54.2 Å². The fourth-order valence-corrected chi connectivity index (χ4v) is 0.300. The lowest BCUT2D eigenvalue weighted by atomic mass is 10.5. The molecular formula is C12H33FNO4+. The zero-order valence-electron chi connectivity index (χ0n) is 12.7. The second-order valence-corrected chi connectivity index (χ2v) is 4.37. The van der Waals surface area contributed by atoms with Crippen molar-refractivity contribution in [3.63, 3.8) is 0 Å². The van der Waals surface area contributed by atoms with Gasteiger partial charge in [-0.25, -0.2) is 4.39 Å². The molecule has 4 N–H and O–H groups in total. The van der Waals surface area contributed by atoms with Crippen molar-refractivity contribution < 1.29 is 29.3 Å². The van der Waals surface area contributed by atoms with Crippen molar-refractivity contribution >= 4 is 0 Å². The summed E-state index contributed by atoms with van der Waals surface area (Å²) >= 11 is 0. The van der Waals surface area contributed by atoms with Crippen LogP contribution in [-0.2, 0) is 0 Å². The zero-order chi connectivity index (χ0) is 15.6. The molecule has 0 aromatic carbocycles. The molecule has 116 valence electrons. The lowest BCUT2D eigenvalue weighted by Crippen LogP contribution is -2.36. The average molecular weight is 274 g/mol. The maximum absolute atomic E-state index is 10.9. The number of likely N-dealkylation sites (N-methyl/N-ethyl adjacent to an activating group) is 1. The molecule has 0 saturated heterocycles. The predicted octanol–water partition coefficient (Wildman–Crippen LogP) is 0.0188.